The molecule has 3 aliphatic rings. The van der Waals surface area contributed by atoms with Gasteiger partial charge in [-0.2, -0.15) is 0 Å². The number of carbonyl (C=O) groups is 1. The maximum absolute atomic E-state index is 13.0. The van der Waals surface area contributed by atoms with Gasteiger partial charge in [-0.25, -0.2) is 0 Å². The van der Waals surface area contributed by atoms with Crippen LogP contribution in [0.2, 0.25) is 0 Å². The number of aromatic nitrogens is 1. The lowest BCUT2D eigenvalue weighted by atomic mass is 9.75. The van der Waals surface area contributed by atoms with E-state index in [1.54, 1.807) is 6.26 Å². The van der Waals surface area contributed by atoms with Crippen molar-refractivity contribution < 1.29 is 9.53 Å². The molecule has 0 radical (unpaired) electrons. The average molecular weight is 308 g/mol. The summed E-state index contributed by atoms with van der Waals surface area (Å²) in [4.78, 5) is 18.7. The first-order chi connectivity index (χ1) is 11.2. The molecule has 3 aliphatic heterocycles. The molecule has 1 aromatic heterocycles. The molecular formula is C19H20N2O2. The van der Waals surface area contributed by atoms with Crippen molar-refractivity contribution in [3.05, 3.63) is 47.9 Å². The van der Waals surface area contributed by atoms with Crippen LogP contribution in [0.3, 0.4) is 0 Å². The van der Waals surface area contributed by atoms with E-state index in [1.165, 1.54) is 22.2 Å². The largest absolute Gasteiger partial charge is 0.498 e. The Bertz CT molecular complexity index is 822. The van der Waals surface area contributed by atoms with Gasteiger partial charge in [-0.3, -0.25) is 4.79 Å². The third kappa shape index (κ3) is 1.75. The van der Waals surface area contributed by atoms with Gasteiger partial charge in [0, 0.05) is 23.1 Å². The quantitative estimate of drug-likeness (QED) is 0.812. The zero-order chi connectivity index (χ0) is 15.6. The minimum absolute atomic E-state index is 0.0254. The first-order valence-corrected chi connectivity index (χ1v) is 8.46. The van der Waals surface area contributed by atoms with Crippen LogP contribution in [-0.2, 0) is 16.0 Å². The third-order valence-corrected chi connectivity index (χ3v) is 5.81. The molecule has 0 unspecified atom stereocenters. The van der Waals surface area contributed by atoms with Gasteiger partial charge in [0.1, 0.15) is 6.10 Å². The van der Waals surface area contributed by atoms with E-state index in [1.807, 2.05) is 6.92 Å². The second-order valence-electron chi connectivity index (χ2n) is 6.96. The van der Waals surface area contributed by atoms with Gasteiger partial charge in [-0.05, 0) is 43.4 Å². The number of benzene rings is 1. The highest BCUT2D eigenvalue weighted by molar-refractivity contribution is 5.87. The summed E-state index contributed by atoms with van der Waals surface area (Å²) in [6.07, 6.45) is 5.76. The molecule has 4 heterocycles. The van der Waals surface area contributed by atoms with Crippen LogP contribution >= 0.6 is 0 Å². The predicted molar refractivity (Wildman–Crippen MR) is 87.7 cm³/mol. The van der Waals surface area contributed by atoms with Crippen LogP contribution in [0, 0.1) is 11.8 Å². The van der Waals surface area contributed by atoms with Crippen LogP contribution in [0.1, 0.15) is 30.6 Å². The second-order valence-corrected chi connectivity index (χ2v) is 6.96. The van der Waals surface area contributed by atoms with Crippen molar-refractivity contribution in [2.75, 3.05) is 6.54 Å². The molecule has 2 aromatic rings. The van der Waals surface area contributed by atoms with Gasteiger partial charge in [0.15, 0.2) is 0 Å². The monoisotopic (exact) mass is 308 g/mol. The van der Waals surface area contributed by atoms with Crippen LogP contribution in [0.4, 0.5) is 0 Å². The van der Waals surface area contributed by atoms with Gasteiger partial charge in [0.05, 0.1) is 18.2 Å². The number of nitrogens with one attached hydrogen (secondary N) is 1. The topological polar surface area (TPSA) is 45.3 Å². The van der Waals surface area contributed by atoms with Crippen molar-refractivity contribution in [2.24, 2.45) is 11.8 Å². The lowest BCUT2D eigenvalue weighted by molar-refractivity contribution is -0.151. The average Bonchev–Trinajstić information content (AvgIpc) is 2.94. The number of H-pyrrole nitrogens is 1. The highest BCUT2D eigenvalue weighted by atomic mass is 16.5. The SMILES string of the molecule is C[C@H]1OC=C[C@@H]2C[C@@H]3c4[nH]c5ccccc5c4CCN3C(=O)[C@H]21. The Labute approximate surface area is 135 Å². The maximum atomic E-state index is 13.0. The first kappa shape index (κ1) is 13.2. The molecule has 0 aliphatic carbocycles. The van der Waals surface area contributed by atoms with Gasteiger partial charge in [0.25, 0.3) is 0 Å². The predicted octanol–water partition coefficient (Wildman–Crippen LogP) is 3.16. The Kier molecular flexibility index (Phi) is 2.67. The fourth-order valence-corrected chi connectivity index (χ4v) is 4.71. The van der Waals surface area contributed by atoms with E-state index in [-0.39, 0.29) is 29.9 Å². The zero-order valence-electron chi connectivity index (χ0n) is 13.2. The lowest BCUT2D eigenvalue weighted by Gasteiger charge is -2.47. The highest BCUT2D eigenvalue weighted by Gasteiger charge is 2.47. The van der Waals surface area contributed by atoms with E-state index in [2.05, 4.69) is 40.2 Å². The summed E-state index contributed by atoms with van der Waals surface area (Å²) in [6.45, 7) is 2.83. The molecule has 118 valence electrons. The summed E-state index contributed by atoms with van der Waals surface area (Å²) in [5, 5.41) is 1.31. The van der Waals surface area contributed by atoms with Crippen LogP contribution in [0.5, 0.6) is 0 Å². The molecule has 0 bridgehead atoms. The molecule has 1 fully saturated rings. The number of aromatic amines is 1. The van der Waals surface area contributed by atoms with E-state index in [4.69, 9.17) is 4.74 Å². The maximum Gasteiger partial charge on any atom is 0.230 e. The number of piperidine rings is 1. The number of hydrogen-bond acceptors (Lipinski definition) is 2. The van der Waals surface area contributed by atoms with Crippen molar-refractivity contribution in [3.8, 4) is 0 Å². The van der Waals surface area contributed by atoms with E-state index in [0.717, 1.165) is 19.4 Å². The highest BCUT2D eigenvalue weighted by Crippen LogP contribution is 2.45. The third-order valence-electron chi connectivity index (χ3n) is 5.81. The van der Waals surface area contributed by atoms with Gasteiger partial charge in [0.2, 0.25) is 5.91 Å². The van der Waals surface area contributed by atoms with Crippen LogP contribution in [0.15, 0.2) is 36.6 Å². The fourth-order valence-electron chi connectivity index (χ4n) is 4.71. The van der Waals surface area contributed by atoms with Gasteiger partial charge in [-0.15, -0.1) is 0 Å². The van der Waals surface area contributed by atoms with Crippen molar-refractivity contribution in [1.82, 2.24) is 9.88 Å². The number of carbonyl (C=O) groups excluding carboxylic acids is 1. The Morgan fingerprint density at radius 2 is 2.17 bits per heavy atom. The van der Waals surface area contributed by atoms with Crippen molar-refractivity contribution in [2.45, 2.75) is 31.9 Å². The number of rotatable bonds is 0. The van der Waals surface area contributed by atoms with E-state index < -0.39 is 0 Å². The normalized spacial score (nSPS) is 32.2. The number of allylic oxidation sites excluding steroid dienone is 1. The molecule has 4 atom stereocenters. The minimum atomic E-state index is -0.0258. The molecule has 23 heavy (non-hydrogen) atoms. The molecule has 0 spiro atoms. The van der Waals surface area contributed by atoms with Crippen molar-refractivity contribution >= 4 is 16.8 Å². The van der Waals surface area contributed by atoms with Crippen LogP contribution in [0.25, 0.3) is 10.9 Å². The van der Waals surface area contributed by atoms with Gasteiger partial charge < -0.3 is 14.6 Å². The molecule has 4 nitrogen and oxygen atoms in total. The number of ether oxygens (including phenoxy) is 1. The molecule has 1 N–H and O–H groups in total. The molecule has 0 saturated carbocycles. The molecule has 4 heteroatoms. The second kappa shape index (κ2) is 4.63. The van der Waals surface area contributed by atoms with E-state index in [9.17, 15) is 4.79 Å². The molecule has 1 saturated heterocycles. The molecule has 5 rings (SSSR count). The first-order valence-electron chi connectivity index (χ1n) is 8.46. The van der Waals surface area contributed by atoms with E-state index in [0.29, 0.717) is 0 Å². The summed E-state index contributed by atoms with van der Waals surface area (Å²) < 4.78 is 5.58. The van der Waals surface area contributed by atoms with E-state index >= 15 is 0 Å². The van der Waals surface area contributed by atoms with Crippen LogP contribution in [-0.4, -0.2) is 28.4 Å². The molecule has 1 amide bonds. The summed E-state index contributed by atoms with van der Waals surface area (Å²) in [5.41, 5.74) is 3.83. The Balaban J connectivity index is 1.61. The van der Waals surface area contributed by atoms with Gasteiger partial charge in [-0.1, -0.05) is 18.2 Å². The zero-order valence-corrected chi connectivity index (χ0v) is 13.2. The smallest absolute Gasteiger partial charge is 0.230 e. The summed E-state index contributed by atoms with van der Waals surface area (Å²) in [5.74, 6) is 0.513. The standard InChI is InChI=1S/C19H20N2O2/c1-11-17-12(7-9-23-11)10-16-18-14(6-8-21(16)19(17)22)13-4-2-3-5-15(13)20-18/h2-5,7,9,11-12,16-17,20H,6,8,10H2,1H3/t11-,12-,16-,17+/m1/s1. The molecular weight excluding hydrogens is 288 g/mol. The van der Waals surface area contributed by atoms with Gasteiger partial charge >= 0.3 is 0 Å². The number of nitrogens with zero attached hydrogens (tertiary/aromatic N) is 1. The number of amides is 1. The minimum Gasteiger partial charge on any atom is -0.498 e. The summed E-state index contributed by atoms with van der Waals surface area (Å²) >= 11 is 0. The Morgan fingerprint density at radius 3 is 3.09 bits per heavy atom. The number of fused-ring (bicyclic) bond motifs is 6. The van der Waals surface area contributed by atoms with Crippen LogP contribution < -0.4 is 0 Å². The summed E-state index contributed by atoms with van der Waals surface area (Å²) in [6, 6.07) is 8.64. The molecule has 1 aromatic carbocycles. The Morgan fingerprint density at radius 1 is 1.30 bits per heavy atom. The number of hydrogen-bond donors (Lipinski definition) is 1. The lowest BCUT2D eigenvalue weighted by Crippen LogP contribution is -2.53. The fraction of sp³-hybridized carbons (Fsp3) is 0.421. The summed E-state index contributed by atoms with van der Waals surface area (Å²) in [7, 11) is 0. The van der Waals surface area contributed by atoms with Crippen molar-refractivity contribution in [3.63, 3.8) is 0 Å². The van der Waals surface area contributed by atoms with Crippen molar-refractivity contribution in [1.29, 1.82) is 0 Å². The Hall–Kier alpha value is -2.23. The number of para-hydroxylation sites is 1.